The summed E-state index contributed by atoms with van der Waals surface area (Å²) < 4.78 is 45.3. The molecule has 1 aliphatic heterocycles. The fraction of sp³-hybridized carbons (Fsp3) is 0.500. The number of aromatic nitrogens is 4. The number of halogens is 3. The van der Waals surface area contributed by atoms with Gasteiger partial charge in [0.25, 0.3) is 5.56 Å². The Hall–Kier alpha value is -3.07. The molecule has 1 fully saturated rings. The van der Waals surface area contributed by atoms with Crippen molar-refractivity contribution in [1.82, 2.24) is 19.1 Å². The molecule has 0 aromatic carbocycles. The Morgan fingerprint density at radius 3 is 2.75 bits per heavy atom. The van der Waals surface area contributed by atoms with Crippen molar-refractivity contribution in [3.63, 3.8) is 0 Å². The zero-order chi connectivity index (χ0) is 20.6. The van der Waals surface area contributed by atoms with Crippen LogP contribution in [0.25, 0.3) is 11.2 Å². The second-order valence-electron chi connectivity index (χ2n) is 6.32. The zero-order valence-corrected chi connectivity index (χ0v) is 14.7. The third-order valence-electron chi connectivity index (χ3n) is 4.19. The Morgan fingerprint density at radius 2 is 2.14 bits per heavy atom. The van der Waals surface area contributed by atoms with E-state index in [0.29, 0.717) is 0 Å². The molecule has 0 radical (unpaired) electrons. The highest BCUT2D eigenvalue weighted by Gasteiger charge is 2.38. The highest BCUT2D eigenvalue weighted by Crippen LogP contribution is 2.35. The number of rotatable bonds is 4. The van der Waals surface area contributed by atoms with Crippen molar-refractivity contribution in [2.24, 2.45) is 0 Å². The molecule has 2 aromatic heterocycles. The normalized spacial score (nSPS) is 19.7. The van der Waals surface area contributed by atoms with Gasteiger partial charge in [-0.15, -0.1) is 6.42 Å². The van der Waals surface area contributed by atoms with Gasteiger partial charge in [-0.3, -0.25) is 24.5 Å². The zero-order valence-electron chi connectivity index (χ0n) is 14.7. The number of anilines is 1. The monoisotopic (exact) mass is 399 g/mol. The highest BCUT2D eigenvalue weighted by molar-refractivity contribution is 5.87. The quantitative estimate of drug-likeness (QED) is 0.749. The predicted octanol–water partition coefficient (Wildman–Crippen LogP) is 1.11. The molecule has 0 aliphatic carbocycles. The maximum atomic E-state index is 12.8. The molecule has 1 saturated heterocycles. The molecular weight excluding hydrogens is 383 g/mol. The van der Waals surface area contributed by atoms with E-state index >= 15 is 0 Å². The molecular formula is C16H16F3N5O4. The number of carbonyl (C=O) groups excluding carboxylic acids is 1. The van der Waals surface area contributed by atoms with Gasteiger partial charge in [0, 0.05) is 6.92 Å². The van der Waals surface area contributed by atoms with E-state index in [-0.39, 0.29) is 36.5 Å². The van der Waals surface area contributed by atoms with Crippen LogP contribution in [0.3, 0.4) is 0 Å². The van der Waals surface area contributed by atoms with Crippen molar-refractivity contribution in [3.8, 4) is 12.3 Å². The van der Waals surface area contributed by atoms with Crippen LogP contribution >= 0.6 is 0 Å². The number of fused-ring (bicyclic) bond motifs is 1. The number of carbonyl (C=O) groups is 1. The topological polar surface area (TPSA) is 111 Å². The van der Waals surface area contributed by atoms with Crippen molar-refractivity contribution in [3.05, 3.63) is 20.8 Å². The molecule has 0 spiro atoms. The number of H-pyrrole nitrogens is 1. The van der Waals surface area contributed by atoms with Crippen LogP contribution in [0.5, 0.6) is 0 Å². The van der Waals surface area contributed by atoms with Crippen molar-refractivity contribution in [2.45, 2.75) is 51.2 Å². The SMILES string of the molecule is C#CCn1c(=O)n(C2CCC(CC(F)(F)F)O2)c2nc(NC(C)=O)[nH]c(=O)c21. The van der Waals surface area contributed by atoms with Crippen LogP contribution in [0.4, 0.5) is 19.1 Å². The number of ether oxygens (including phenoxy) is 1. The minimum absolute atomic E-state index is 0.0835. The summed E-state index contributed by atoms with van der Waals surface area (Å²) in [5.74, 6) is 1.53. The maximum absolute atomic E-state index is 12.8. The third kappa shape index (κ3) is 3.79. The van der Waals surface area contributed by atoms with Gasteiger partial charge < -0.3 is 4.74 Å². The molecule has 2 atom stereocenters. The number of terminal acetylenes is 1. The van der Waals surface area contributed by atoms with Crippen LogP contribution in [0.1, 0.15) is 32.4 Å². The lowest BCUT2D eigenvalue weighted by Gasteiger charge is -2.16. The molecule has 28 heavy (non-hydrogen) atoms. The number of nitrogens with one attached hydrogen (secondary N) is 2. The van der Waals surface area contributed by atoms with Gasteiger partial charge >= 0.3 is 11.9 Å². The summed E-state index contributed by atoms with van der Waals surface area (Å²) >= 11 is 0. The van der Waals surface area contributed by atoms with Crippen molar-refractivity contribution in [1.29, 1.82) is 0 Å². The van der Waals surface area contributed by atoms with Gasteiger partial charge in [-0.1, -0.05) is 5.92 Å². The van der Waals surface area contributed by atoms with E-state index in [4.69, 9.17) is 11.2 Å². The molecule has 1 aliphatic rings. The molecule has 12 heteroatoms. The molecule has 0 bridgehead atoms. The van der Waals surface area contributed by atoms with E-state index in [9.17, 15) is 27.6 Å². The largest absolute Gasteiger partial charge is 0.391 e. The summed E-state index contributed by atoms with van der Waals surface area (Å²) in [5.41, 5.74) is -1.75. The van der Waals surface area contributed by atoms with Gasteiger partial charge in [0.15, 0.2) is 11.2 Å². The fourth-order valence-electron chi connectivity index (χ4n) is 3.19. The molecule has 2 aromatic rings. The molecule has 3 heterocycles. The van der Waals surface area contributed by atoms with E-state index in [2.05, 4.69) is 21.2 Å². The Bertz CT molecular complexity index is 1080. The number of hydrogen-bond donors (Lipinski definition) is 2. The predicted molar refractivity (Wildman–Crippen MR) is 91.6 cm³/mol. The van der Waals surface area contributed by atoms with Crippen LogP contribution < -0.4 is 16.6 Å². The Balaban J connectivity index is 2.11. The van der Waals surface area contributed by atoms with Crippen molar-refractivity contribution < 1.29 is 22.7 Å². The summed E-state index contributed by atoms with van der Waals surface area (Å²) in [5, 5.41) is 2.30. The van der Waals surface area contributed by atoms with Gasteiger partial charge in [0.05, 0.1) is 19.1 Å². The number of hydrogen-bond acceptors (Lipinski definition) is 5. The standard InChI is InChI=1S/C16H16F3N5O4/c1-3-6-23-11-12(21-14(20-8(2)25)22-13(11)26)24(15(23)27)10-5-4-9(28-10)7-16(17,18)19/h1,9-10H,4-7H2,2H3,(H2,20,21,22,25,26). The summed E-state index contributed by atoms with van der Waals surface area (Å²) in [6.45, 7) is 0.952. The molecule has 2 unspecified atom stereocenters. The molecule has 0 saturated carbocycles. The average Bonchev–Trinajstić information content (AvgIpc) is 3.08. The average molecular weight is 399 g/mol. The van der Waals surface area contributed by atoms with E-state index in [1.54, 1.807) is 0 Å². The van der Waals surface area contributed by atoms with Gasteiger partial charge in [-0.2, -0.15) is 18.2 Å². The highest BCUT2D eigenvalue weighted by atomic mass is 19.4. The van der Waals surface area contributed by atoms with Gasteiger partial charge in [0.2, 0.25) is 11.9 Å². The van der Waals surface area contributed by atoms with E-state index in [1.165, 1.54) is 6.92 Å². The number of amides is 1. The number of nitrogens with zero attached hydrogens (tertiary/aromatic N) is 3. The summed E-state index contributed by atoms with van der Waals surface area (Å²) in [6.07, 6.45) is -2.24. The minimum Gasteiger partial charge on any atom is -0.354 e. The molecule has 1 amide bonds. The van der Waals surface area contributed by atoms with Crippen molar-refractivity contribution >= 4 is 23.0 Å². The van der Waals surface area contributed by atoms with E-state index in [1.807, 2.05) is 0 Å². The maximum Gasteiger partial charge on any atom is 0.391 e. The molecule has 3 rings (SSSR count). The molecule has 9 nitrogen and oxygen atoms in total. The lowest BCUT2D eigenvalue weighted by Crippen LogP contribution is -2.28. The van der Waals surface area contributed by atoms with Crippen LogP contribution in [-0.4, -0.2) is 37.3 Å². The van der Waals surface area contributed by atoms with Gasteiger partial charge in [0.1, 0.15) is 6.23 Å². The van der Waals surface area contributed by atoms with Crippen LogP contribution in [0.2, 0.25) is 0 Å². The van der Waals surface area contributed by atoms with Gasteiger partial charge in [-0.05, 0) is 12.8 Å². The summed E-state index contributed by atoms with van der Waals surface area (Å²) in [4.78, 5) is 42.9. The van der Waals surface area contributed by atoms with Crippen molar-refractivity contribution in [2.75, 3.05) is 5.32 Å². The van der Waals surface area contributed by atoms with E-state index < -0.39 is 42.1 Å². The molecule has 150 valence electrons. The van der Waals surface area contributed by atoms with Crippen LogP contribution in [-0.2, 0) is 16.1 Å². The van der Waals surface area contributed by atoms with Crippen LogP contribution in [0, 0.1) is 12.3 Å². The number of alkyl halides is 3. The number of aromatic amines is 1. The van der Waals surface area contributed by atoms with Gasteiger partial charge in [-0.25, -0.2) is 9.36 Å². The Morgan fingerprint density at radius 1 is 1.43 bits per heavy atom. The lowest BCUT2D eigenvalue weighted by molar-refractivity contribution is -0.162. The summed E-state index contributed by atoms with van der Waals surface area (Å²) in [7, 11) is 0. The van der Waals surface area contributed by atoms with Crippen LogP contribution in [0.15, 0.2) is 9.59 Å². The number of imidazole rings is 1. The molecule has 2 N–H and O–H groups in total. The smallest absolute Gasteiger partial charge is 0.354 e. The first-order valence-corrected chi connectivity index (χ1v) is 8.29. The lowest BCUT2D eigenvalue weighted by atomic mass is 10.2. The summed E-state index contributed by atoms with van der Waals surface area (Å²) in [6, 6.07) is 0. The second kappa shape index (κ2) is 7.16. The first-order valence-electron chi connectivity index (χ1n) is 8.29. The Kier molecular flexibility index (Phi) is 5.03. The Labute approximate surface area is 155 Å². The first kappa shape index (κ1) is 19.7. The second-order valence-corrected chi connectivity index (χ2v) is 6.32. The van der Waals surface area contributed by atoms with E-state index in [0.717, 1.165) is 9.13 Å². The minimum atomic E-state index is -4.41. The third-order valence-corrected chi connectivity index (χ3v) is 4.19. The fourth-order valence-corrected chi connectivity index (χ4v) is 3.19. The first-order chi connectivity index (χ1) is 13.1.